The zero-order valence-corrected chi connectivity index (χ0v) is 19.3. The Morgan fingerprint density at radius 3 is 2.89 bits per heavy atom. The third-order valence-electron chi connectivity index (χ3n) is 5.79. The number of aliphatic hydroxyl groups is 1. The number of anilines is 2. The molecule has 1 atom stereocenters. The molecule has 8 heteroatoms. The Morgan fingerprint density at radius 1 is 1.11 bits per heavy atom. The third-order valence-corrected chi connectivity index (χ3v) is 5.79. The first-order chi connectivity index (χ1) is 17.1. The van der Waals surface area contributed by atoms with Crippen molar-refractivity contribution in [1.82, 2.24) is 19.5 Å². The summed E-state index contributed by atoms with van der Waals surface area (Å²) in [6.07, 6.45) is 8.07. The first-order valence-corrected chi connectivity index (χ1v) is 11.5. The maximum absolute atomic E-state index is 12.9. The second-order valence-corrected chi connectivity index (χ2v) is 8.49. The van der Waals surface area contributed by atoms with Crippen LogP contribution in [0, 0.1) is 0 Å². The highest BCUT2D eigenvalue weighted by Gasteiger charge is 2.20. The first-order valence-electron chi connectivity index (χ1n) is 11.5. The lowest BCUT2D eigenvalue weighted by molar-refractivity contribution is -0.111. The van der Waals surface area contributed by atoms with Gasteiger partial charge in [-0.1, -0.05) is 42.5 Å². The molecule has 8 nitrogen and oxygen atoms in total. The van der Waals surface area contributed by atoms with Crippen LogP contribution < -0.4 is 10.6 Å². The smallest absolute Gasteiger partial charge is 0.255 e. The highest BCUT2D eigenvalue weighted by Crippen LogP contribution is 2.28. The number of nitrogens with one attached hydrogen (secondary N) is 2. The number of aliphatic hydroxyl groups excluding tert-OH is 1. The van der Waals surface area contributed by atoms with Crippen molar-refractivity contribution >= 4 is 23.1 Å². The van der Waals surface area contributed by atoms with Crippen LogP contribution in [0.3, 0.4) is 0 Å². The predicted molar refractivity (Wildman–Crippen MR) is 135 cm³/mol. The molecule has 1 aliphatic rings. The van der Waals surface area contributed by atoms with E-state index in [4.69, 9.17) is 0 Å². The van der Waals surface area contributed by atoms with Crippen LogP contribution in [0.2, 0.25) is 0 Å². The Morgan fingerprint density at radius 2 is 2.00 bits per heavy atom. The molecule has 3 N–H and O–H groups in total. The molecule has 0 bridgehead atoms. The van der Waals surface area contributed by atoms with Crippen LogP contribution in [0.5, 0.6) is 0 Å². The molecule has 2 aromatic heterocycles. The fourth-order valence-corrected chi connectivity index (χ4v) is 4.12. The van der Waals surface area contributed by atoms with E-state index < -0.39 is 6.10 Å². The standard InChI is InChI=1S/C27H26N6O2/c1-18(34)17-30-27-29-12-11-24(32-27)33-14-13-28-25(33)16-19-5-4-7-21(15-19)31-26(35)23-10-9-20-6-2-3-8-22(20)23/h2-8,10-15,18,34H,9,16-17H2,1H3,(H,31,35)(H,29,30,32)/t18-/m0/s1. The highest BCUT2D eigenvalue weighted by atomic mass is 16.3. The quantitative estimate of drug-likeness (QED) is 0.366. The Labute approximate surface area is 203 Å². The second kappa shape index (κ2) is 9.90. The van der Waals surface area contributed by atoms with Crippen LogP contribution in [0.1, 0.15) is 29.4 Å². The number of rotatable bonds is 8. The van der Waals surface area contributed by atoms with E-state index in [1.54, 1.807) is 19.3 Å². The number of benzene rings is 2. The summed E-state index contributed by atoms with van der Waals surface area (Å²) in [6.45, 7) is 2.06. The van der Waals surface area contributed by atoms with Crippen LogP contribution >= 0.6 is 0 Å². The largest absolute Gasteiger partial charge is 0.392 e. The molecule has 0 aliphatic heterocycles. The first kappa shape index (κ1) is 22.5. The van der Waals surface area contributed by atoms with Gasteiger partial charge in [-0.25, -0.2) is 9.97 Å². The van der Waals surface area contributed by atoms with Gasteiger partial charge in [-0.15, -0.1) is 0 Å². The Hall–Kier alpha value is -4.30. The summed E-state index contributed by atoms with van der Waals surface area (Å²) in [5.74, 6) is 1.82. The van der Waals surface area contributed by atoms with Crippen molar-refractivity contribution in [2.24, 2.45) is 0 Å². The molecule has 2 aromatic carbocycles. The predicted octanol–water partition coefficient (Wildman–Crippen LogP) is 3.62. The number of hydrogen-bond acceptors (Lipinski definition) is 6. The number of carbonyl (C=O) groups is 1. The molecule has 4 aromatic rings. The van der Waals surface area contributed by atoms with Gasteiger partial charge in [0.1, 0.15) is 11.6 Å². The third kappa shape index (κ3) is 5.12. The SMILES string of the molecule is C[C@H](O)CNc1nccc(-n2ccnc2Cc2cccc(NC(=O)C3=CCc4ccccc43)c2)n1. The van der Waals surface area contributed by atoms with Crippen LogP contribution in [0.4, 0.5) is 11.6 Å². The van der Waals surface area contributed by atoms with Gasteiger partial charge in [0, 0.05) is 42.8 Å². The molecular formula is C27H26N6O2. The zero-order chi connectivity index (χ0) is 24.2. The maximum atomic E-state index is 12.9. The highest BCUT2D eigenvalue weighted by molar-refractivity contribution is 6.26. The molecule has 1 aliphatic carbocycles. The van der Waals surface area contributed by atoms with Gasteiger partial charge in [0.2, 0.25) is 5.95 Å². The number of hydrogen-bond donors (Lipinski definition) is 3. The number of nitrogens with zero attached hydrogens (tertiary/aromatic N) is 4. The van der Waals surface area contributed by atoms with E-state index in [2.05, 4.69) is 31.7 Å². The molecular weight excluding hydrogens is 440 g/mol. The molecule has 176 valence electrons. The molecule has 0 fully saturated rings. The van der Waals surface area contributed by atoms with Gasteiger partial charge >= 0.3 is 0 Å². The zero-order valence-electron chi connectivity index (χ0n) is 19.3. The van der Waals surface area contributed by atoms with Gasteiger partial charge in [-0.2, -0.15) is 4.98 Å². The van der Waals surface area contributed by atoms with Crippen molar-refractivity contribution in [3.05, 3.63) is 102 Å². The van der Waals surface area contributed by atoms with E-state index in [0.717, 1.165) is 29.1 Å². The van der Waals surface area contributed by atoms with E-state index in [1.165, 1.54) is 5.56 Å². The summed E-state index contributed by atoms with van der Waals surface area (Å²) in [6, 6.07) is 17.6. The van der Waals surface area contributed by atoms with Crippen LogP contribution in [0.25, 0.3) is 11.4 Å². The van der Waals surface area contributed by atoms with E-state index in [1.807, 2.05) is 65.4 Å². The summed E-state index contributed by atoms with van der Waals surface area (Å²) in [5.41, 5.74) is 4.63. The van der Waals surface area contributed by atoms with Gasteiger partial charge in [-0.05, 0) is 48.2 Å². The van der Waals surface area contributed by atoms with E-state index in [-0.39, 0.29) is 5.91 Å². The minimum Gasteiger partial charge on any atom is -0.392 e. The molecule has 35 heavy (non-hydrogen) atoms. The van der Waals surface area contributed by atoms with E-state index in [0.29, 0.717) is 30.3 Å². The van der Waals surface area contributed by atoms with Crippen molar-refractivity contribution in [3.63, 3.8) is 0 Å². The van der Waals surface area contributed by atoms with Gasteiger partial charge < -0.3 is 15.7 Å². The average molecular weight is 467 g/mol. The second-order valence-electron chi connectivity index (χ2n) is 8.49. The lowest BCUT2D eigenvalue weighted by Crippen LogP contribution is -2.17. The molecule has 0 saturated carbocycles. The van der Waals surface area contributed by atoms with Crippen LogP contribution in [0.15, 0.2) is 79.3 Å². The number of carbonyl (C=O) groups excluding carboxylic acids is 1. The lowest BCUT2D eigenvalue weighted by atomic mass is 10.1. The van der Waals surface area contributed by atoms with E-state index in [9.17, 15) is 9.90 Å². The van der Waals surface area contributed by atoms with Crippen molar-refractivity contribution in [3.8, 4) is 5.82 Å². The number of amides is 1. The fraction of sp³-hybridized carbons (Fsp3) is 0.185. The summed E-state index contributed by atoms with van der Waals surface area (Å²) in [7, 11) is 0. The van der Waals surface area contributed by atoms with Crippen molar-refractivity contribution in [2.75, 3.05) is 17.2 Å². The molecule has 1 amide bonds. The average Bonchev–Trinajstić information content (AvgIpc) is 3.50. The summed E-state index contributed by atoms with van der Waals surface area (Å²) in [4.78, 5) is 26.2. The summed E-state index contributed by atoms with van der Waals surface area (Å²) >= 11 is 0. The minimum absolute atomic E-state index is 0.105. The van der Waals surface area contributed by atoms with Crippen molar-refractivity contribution in [1.29, 1.82) is 0 Å². The number of aromatic nitrogens is 4. The molecule has 0 radical (unpaired) electrons. The normalized spacial score (nSPS) is 13.1. The number of fused-ring (bicyclic) bond motifs is 1. The maximum Gasteiger partial charge on any atom is 0.255 e. The Balaban J connectivity index is 1.30. The molecule has 2 heterocycles. The summed E-state index contributed by atoms with van der Waals surface area (Å²) in [5, 5.41) is 15.6. The van der Waals surface area contributed by atoms with Gasteiger partial charge in [0.15, 0.2) is 0 Å². The molecule has 0 saturated heterocycles. The summed E-state index contributed by atoms with van der Waals surface area (Å²) < 4.78 is 1.90. The van der Waals surface area contributed by atoms with Crippen LogP contribution in [-0.2, 0) is 17.6 Å². The Bertz CT molecular complexity index is 1390. The van der Waals surface area contributed by atoms with Crippen molar-refractivity contribution in [2.45, 2.75) is 25.9 Å². The molecule has 0 unspecified atom stereocenters. The van der Waals surface area contributed by atoms with Crippen LogP contribution in [-0.4, -0.2) is 43.2 Å². The lowest BCUT2D eigenvalue weighted by Gasteiger charge is -2.11. The minimum atomic E-state index is -0.501. The number of imidazole rings is 1. The monoisotopic (exact) mass is 466 g/mol. The number of allylic oxidation sites excluding steroid dienone is 1. The van der Waals surface area contributed by atoms with Gasteiger partial charge in [-0.3, -0.25) is 9.36 Å². The van der Waals surface area contributed by atoms with Gasteiger partial charge in [0.25, 0.3) is 5.91 Å². The fourth-order valence-electron chi connectivity index (χ4n) is 4.12. The van der Waals surface area contributed by atoms with Crippen molar-refractivity contribution < 1.29 is 9.90 Å². The Kier molecular flexibility index (Phi) is 6.36. The topological polar surface area (TPSA) is 105 Å². The molecule has 0 spiro atoms. The molecule has 5 rings (SSSR count). The van der Waals surface area contributed by atoms with Gasteiger partial charge in [0.05, 0.1) is 6.10 Å². The van der Waals surface area contributed by atoms with E-state index >= 15 is 0 Å².